The standard InChI is InChI=1S/C37H42F2N6O4/c1-4-6-14-43(15-7-5-2)36(48)33-16-24(3)45(42-33)34-13-12-29(40-37(49)41-30-19-27(38)18-28(39)20-30)21-32(34)35(47)44-22-26-11-9-8-10-25(26)17-31(44)23-46/h8-13,16,18-21,31,46H,4-7,14-15,17,22-23H2,1-3H3,(H2,40,41,49). The van der Waals surface area contributed by atoms with E-state index < -0.39 is 29.6 Å². The number of aryl methyl sites for hydroxylation is 1. The van der Waals surface area contributed by atoms with Gasteiger partial charge in [-0.2, -0.15) is 5.10 Å². The molecule has 2 heterocycles. The van der Waals surface area contributed by atoms with Crippen molar-refractivity contribution in [3.8, 4) is 5.69 Å². The van der Waals surface area contributed by atoms with Crippen molar-refractivity contribution in [3.05, 3.63) is 106 Å². The van der Waals surface area contributed by atoms with Gasteiger partial charge < -0.3 is 25.5 Å². The molecule has 0 aliphatic carbocycles. The number of hydrogen-bond acceptors (Lipinski definition) is 5. The van der Waals surface area contributed by atoms with Gasteiger partial charge in [-0.05, 0) is 73.7 Å². The van der Waals surface area contributed by atoms with Gasteiger partial charge in [-0.15, -0.1) is 0 Å². The molecule has 4 aromatic rings. The van der Waals surface area contributed by atoms with Crippen molar-refractivity contribution >= 4 is 29.2 Å². The minimum atomic E-state index is -0.847. The summed E-state index contributed by atoms with van der Waals surface area (Å²) >= 11 is 0. The lowest BCUT2D eigenvalue weighted by molar-refractivity contribution is 0.0544. The number of carbonyl (C=O) groups is 3. The fourth-order valence-electron chi connectivity index (χ4n) is 6.03. The molecule has 1 atom stereocenters. The summed E-state index contributed by atoms with van der Waals surface area (Å²) in [5, 5.41) is 20.0. The molecule has 0 saturated heterocycles. The molecule has 0 saturated carbocycles. The van der Waals surface area contributed by atoms with Gasteiger partial charge in [0.25, 0.3) is 11.8 Å². The minimum absolute atomic E-state index is 0.0861. The van der Waals surface area contributed by atoms with Crippen LogP contribution >= 0.6 is 0 Å². The summed E-state index contributed by atoms with van der Waals surface area (Å²) in [5.74, 6) is -2.29. The molecule has 0 bridgehead atoms. The quantitative estimate of drug-likeness (QED) is 0.155. The van der Waals surface area contributed by atoms with E-state index in [4.69, 9.17) is 0 Å². The van der Waals surface area contributed by atoms with Gasteiger partial charge in [-0.1, -0.05) is 51.0 Å². The molecule has 1 aliphatic heterocycles. The summed E-state index contributed by atoms with van der Waals surface area (Å²) in [6.45, 7) is 7.19. The number of benzene rings is 3. The molecule has 258 valence electrons. The number of unbranched alkanes of at least 4 members (excludes halogenated alkanes) is 2. The predicted molar refractivity (Wildman–Crippen MR) is 184 cm³/mol. The summed E-state index contributed by atoms with van der Waals surface area (Å²) in [6.07, 6.45) is 4.09. The first-order valence-corrected chi connectivity index (χ1v) is 16.6. The lowest BCUT2D eigenvalue weighted by Crippen LogP contribution is -2.46. The largest absolute Gasteiger partial charge is 0.394 e. The van der Waals surface area contributed by atoms with Crippen LogP contribution in [0.1, 0.15) is 77.2 Å². The van der Waals surface area contributed by atoms with Gasteiger partial charge in [0.05, 0.1) is 23.9 Å². The summed E-state index contributed by atoms with van der Waals surface area (Å²) in [7, 11) is 0. The first-order chi connectivity index (χ1) is 23.6. The summed E-state index contributed by atoms with van der Waals surface area (Å²) in [5.41, 5.74) is 3.58. The van der Waals surface area contributed by atoms with Gasteiger partial charge in [-0.3, -0.25) is 9.59 Å². The molecule has 3 N–H and O–H groups in total. The van der Waals surface area contributed by atoms with E-state index in [0.29, 0.717) is 37.0 Å². The van der Waals surface area contributed by atoms with E-state index in [-0.39, 0.29) is 41.7 Å². The zero-order chi connectivity index (χ0) is 35.1. The Kier molecular flexibility index (Phi) is 11.4. The maximum atomic E-state index is 14.5. The number of aromatic nitrogens is 2. The van der Waals surface area contributed by atoms with E-state index in [1.165, 1.54) is 6.07 Å². The molecule has 10 nitrogen and oxygen atoms in total. The van der Waals surface area contributed by atoms with E-state index in [2.05, 4.69) is 29.6 Å². The molecule has 0 radical (unpaired) electrons. The Hall–Kier alpha value is -5.10. The van der Waals surface area contributed by atoms with Crippen molar-refractivity contribution < 1.29 is 28.3 Å². The van der Waals surface area contributed by atoms with Gasteiger partial charge in [0.15, 0.2) is 5.69 Å². The van der Waals surface area contributed by atoms with Gasteiger partial charge in [0.2, 0.25) is 0 Å². The van der Waals surface area contributed by atoms with Crippen LogP contribution in [0.5, 0.6) is 0 Å². The predicted octanol–water partition coefficient (Wildman–Crippen LogP) is 6.70. The van der Waals surface area contributed by atoms with E-state index in [0.717, 1.165) is 48.9 Å². The lowest BCUT2D eigenvalue weighted by Gasteiger charge is -2.36. The van der Waals surface area contributed by atoms with Gasteiger partial charge in [-0.25, -0.2) is 18.3 Å². The smallest absolute Gasteiger partial charge is 0.323 e. The van der Waals surface area contributed by atoms with Crippen LogP contribution in [0.2, 0.25) is 0 Å². The van der Waals surface area contributed by atoms with Gasteiger partial charge in [0, 0.05) is 42.8 Å². The number of hydrogen-bond donors (Lipinski definition) is 3. The van der Waals surface area contributed by atoms with E-state index in [1.54, 1.807) is 34.7 Å². The monoisotopic (exact) mass is 672 g/mol. The Bertz CT molecular complexity index is 1800. The van der Waals surface area contributed by atoms with Gasteiger partial charge >= 0.3 is 6.03 Å². The molecular formula is C37H42F2N6O4. The zero-order valence-corrected chi connectivity index (χ0v) is 28.0. The second-order valence-electron chi connectivity index (χ2n) is 12.3. The molecule has 12 heteroatoms. The molecule has 0 fully saturated rings. The van der Waals surface area contributed by atoms with Crippen LogP contribution in [0.4, 0.5) is 25.0 Å². The third-order valence-corrected chi connectivity index (χ3v) is 8.62. The maximum Gasteiger partial charge on any atom is 0.323 e. The van der Waals surface area contributed by atoms with Crippen molar-refractivity contribution in [2.45, 2.75) is 65.5 Å². The molecule has 1 aliphatic rings. The number of anilines is 2. The van der Waals surface area contributed by atoms with Gasteiger partial charge in [0.1, 0.15) is 11.6 Å². The van der Waals surface area contributed by atoms with Crippen molar-refractivity contribution in [1.29, 1.82) is 0 Å². The molecular weight excluding hydrogens is 630 g/mol. The molecule has 49 heavy (non-hydrogen) atoms. The Balaban J connectivity index is 1.51. The third-order valence-electron chi connectivity index (χ3n) is 8.62. The molecule has 1 aromatic heterocycles. The number of nitrogens with zero attached hydrogens (tertiary/aromatic N) is 4. The van der Waals surface area contributed by atoms with Crippen LogP contribution in [-0.4, -0.2) is 68.3 Å². The normalized spacial score (nSPS) is 13.9. The highest BCUT2D eigenvalue weighted by molar-refractivity contribution is 6.03. The molecule has 5 rings (SSSR count). The van der Waals surface area contributed by atoms with Crippen molar-refractivity contribution in [3.63, 3.8) is 0 Å². The van der Waals surface area contributed by atoms with Crippen molar-refractivity contribution in [1.82, 2.24) is 19.6 Å². The van der Waals surface area contributed by atoms with E-state index in [1.807, 2.05) is 29.2 Å². The number of rotatable bonds is 12. The minimum Gasteiger partial charge on any atom is -0.394 e. The second kappa shape index (κ2) is 15.9. The fraction of sp³-hybridized carbons (Fsp3) is 0.351. The lowest BCUT2D eigenvalue weighted by atomic mass is 9.93. The summed E-state index contributed by atoms with van der Waals surface area (Å²) in [6, 6.07) is 15.5. The Morgan fingerprint density at radius 3 is 2.20 bits per heavy atom. The molecule has 0 spiro atoms. The second-order valence-corrected chi connectivity index (χ2v) is 12.3. The molecule has 3 aromatic carbocycles. The number of urea groups is 1. The average Bonchev–Trinajstić information content (AvgIpc) is 3.47. The Labute approximate surface area is 284 Å². The highest BCUT2D eigenvalue weighted by atomic mass is 19.1. The third kappa shape index (κ3) is 8.32. The average molecular weight is 673 g/mol. The fourth-order valence-corrected chi connectivity index (χ4v) is 6.03. The number of fused-ring (bicyclic) bond motifs is 1. The van der Waals surface area contributed by atoms with Crippen molar-refractivity contribution in [2.24, 2.45) is 0 Å². The summed E-state index contributed by atoms with van der Waals surface area (Å²) in [4.78, 5) is 44.4. The highest BCUT2D eigenvalue weighted by Crippen LogP contribution is 2.29. The van der Waals surface area contributed by atoms with Crippen LogP contribution in [-0.2, 0) is 13.0 Å². The van der Waals surface area contributed by atoms with Crippen LogP contribution in [0.3, 0.4) is 0 Å². The number of amides is 4. The number of nitrogens with one attached hydrogen (secondary N) is 2. The molecule has 4 amide bonds. The topological polar surface area (TPSA) is 120 Å². The highest BCUT2D eigenvalue weighted by Gasteiger charge is 2.32. The van der Waals surface area contributed by atoms with Crippen LogP contribution < -0.4 is 10.6 Å². The van der Waals surface area contributed by atoms with E-state index >= 15 is 0 Å². The number of aliphatic hydroxyl groups is 1. The van der Waals surface area contributed by atoms with Crippen LogP contribution in [0.15, 0.2) is 66.7 Å². The van der Waals surface area contributed by atoms with E-state index in [9.17, 15) is 28.3 Å². The number of aliphatic hydroxyl groups excluding tert-OH is 1. The SMILES string of the molecule is CCCCN(CCCC)C(=O)c1cc(C)n(-c2ccc(NC(=O)Nc3cc(F)cc(F)c3)cc2C(=O)N2Cc3ccccc3CC2CO)n1. The first kappa shape index (κ1) is 35.2. The zero-order valence-electron chi connectivity index (χ0n) is 28.0. The Morgan fingerprint density at radius 2 is 1.55 bits per heavy atom. The van der Waals surface area contributed by atoms with Crippen LogP contribution in [0, 0.1) is 18.6 Å². The first-order valence-electron chi connectivity index (χ1n) is 16.6. The maximum absolute atomic E-state index is 14.5. The summed E-state index contributed by atoms with van der Waals surface area (Å²) < 4.78 is 29.0. The number of carbonyl (C=O) groups excluding carboxylic acids is 3. The van der Waals surface area contributed by atoms with Crippen molar-refractivity contribution in [2.75, 3.05) is 30.3 Å². The Morgan fingerprint density at radius 1 is 0.898 bits per heavy atom. The molecule has 1 unspecified atom stereocenters. The van der Waals surface area contributed by atoms with Crippen LogP contribution in [0.25, 0.3) is 5.69 Å². The number of halogens is 2.